The van der Waals surface area contributed by atoms with Gasteiger partial charge in [0, 0.05) is 51.4 Å². The molecule has 1 saturated heterocycles. The Morgan fingerprint density at radius 2 is 1.86 bits per heavy atom. The summed E-state index contributed by atoms with van der Waals surface area (Å²) in [5.74, 6) is 0.0328. The summed E-state index contributed by atoms with van der Waals surface area (Å²) >= 11 is 0. The van der Waals surface area contributed by atoms with Crippen molar-refractivity contribution in [3.63, 3.8) is 0 Å². The summed E-state index contributed by atoms with van der Waals surface area (Å²) in [5, 5.41) is 16.3. The molecule has 1 atom stereocenters. The Kier molecular flexibility index (Phi) is 8.19. The maximum Gasteiger partial charge on any atom is 0.401 e. The van der Waals surface area contributed by atoms with Crippen LogP contribution in [-0.2, 0) is 13.0 Å². The monoisotopic (exact) mass is 492 g/mol. The highest BCUT2D eigenvalue weighted by Crippen LogP contribution is 2.21. The number of aliphatic hydroxyl groups excluding tert-OH is 1. The van der Waals surface area contributed by atoms with Gasteiger partial charge in [0.2, 0.25) is 0 Å². The van der Waals surface area contributed by atoms with Gasteiger partial charge in [-0.1, -0.05) is 24.3 Å². The van der Waals surface area contributed by atoms with Crippen molar-refractivity contribution < 1.29 is 23.1 Å². The van der Waals surface area contributed by atoms with Crippen molar-refractivity contribution in [3.05, 3.63) is 53.5 Å². The van der Waals surface area contributed by atoms with Gasteiger partial charge < -0.3 is 15.7 Å². The number of anilines is 1. The molecular weight excluding hydrogens is 461 g/mol. The first kappa shape index (κ1) is 25.3. The van der Waals surface area contributed by atoms with Gasteiger partial charge in [-0.2, -0.15) is 13.2 Å². The first-order valence-electron chi connectivity index (χ1n) is 11.9. The summed E-state index contributed by atoms with van der Waals surface area (Å²) in [6, 6.07) is 9.77. The number of carbonyl (C=O) groups excluding carboxylic acids is 1. The van der Waals surface area contributed by atoms with E-state index in [2.05, 4.69) is 37.6 Å². The van der Waals surface area contributed by atoms with E-state index in [4.69, 9.17) is 0 Å². The topological polar surface area (TPSA) is 93.6 Å². The van der Waals surface area contributed by atoms with Gasteiger partial charge in [-0.05, 0) is 30.4 Å². The molecule has 0 spiro atoms. The molecular formula is C24H31F3N6O2. The van der Waals surface area contributed by atoms with E-state index in [1.54, 1.807) is 0 Å². The lowest BCUT2D eigenvalue weighted by Crippen LogP contribution is -2.43. The molecule has 2 aliphatic rings. The first-order chi connectivity index (χ1) is 16.7. The summed E-state index contributed by atoms with van der Waals surface area (Å²) in [6.07, 6.45) is -1.60. The summed E-state index contributed by atoms with van der Waals surface area (Å²) in [4.78, 5) is 24.3. The molecule has 8 nitrogen and oxygen atoms in total. The van der Waals surface area contributed by atoms with Crippen LogP contribution in [0.3, 0.4) is 0 Å². The smallest absolute Gasteiger partial charge is 0.390 e. The molecule has 190 valence electrons. The van der Waals surface area contributed by atoms with Crippen LogP contribution in [0.25, 0.3) is 0 Å². The number of nitrogens with zero attached hydrogens (tertiary/aromatic N) is 4. The van der Waals surface area contributed by atoms with E-state index >= 15 is 0 Å². The molecule has 4 rings (SSSR count). The Balaban J connectivity index is 1.21. The van der Waals surface area contributed by atoms with Gasteiger partial charge in [-0.25, -0.2) is 9.97 Å². The minimum absolute atomic E-state index is 0.0261. The number of fused-ring (bicyclic) bond motifs is 1. The number of rotatable bonds is 8. The average molecular weight is 493 g/mol. The third-order valence-electron chi connectivity index (χ3n) is 6.42. The van der Waals surface area contributed by atoms with Crippen LogP contribution in [0.1, 0.15) is 34.5 Å². The predicted octanol–water partition coefficient (Wildman–Crippen LogP) is 2.06. The minimum Gasteiger partial charge on any atom is -0.390 e. The second-order valence-corrected chi connectivity index (χ2v) is 9.22. The molecule has 11 heteroatoms. The zero-order valence-electron chi connectivity index (χ0n) is 19.5. The van der Waals surface area contributed by atoms with Gasteiger partial charge in [0.05, 0.1) is 12.6 Å². The van der Waals surface area contributed by atoms with Crippen molar-refractivity contribution in [2.45, 2.75) is 44.1 Å². The van der Waals surface area contributed by atoms with Crippen LogP contribution < -0.4 is 10.6 Å². The van der Waals surface area contributed by atoms with Crippen LogP contribution in [0.5, 0.6) is 0 Å². The number of hydrogen-bond donors (Lipinski definition) is 3. The molecule has 1 amide bonds. The minimum atomic E-state index is -4.19. The maximum absolute atomic E-state index is 12.6. The number of β-amino-alcohol motifs (C(OH)–C–C–N with tert-alkyl or cyclic N) is 1. The number of benzene rings is 1. The van der Waals surface area contributed by atoms with Crippen molar-refractivity contribution in [1.29, 1.82) is 0 Å². The maximum atomic E-state index is 12.6. The fraction of sp³-hybridized carbons (Fsp3) is 0.542. The number of carbonyl (C=O) groups is 1. The van der Waals surface area contributed by atoms with E-state index in [1.807, 2.05) is 12.1 Å². The van der Waals surface area contributed by atoms with Crippen LogP contribution in [0, 0.1) is 0 Å². The largest absolute Gasteiger partial charge is 0.401 e. The molecule has 35 heavy (non-hydrogen) atoms. The summed E-state index contributed by atoms with van der Waals surface area (Å²) < 4.78 is 37.7. The standard InChI is InChI=1S/C24H31F3N6O2/c25-24(26,27)15-32-9-6-19(7-10-32)31-22-11-21(29-16-30-22)23(35)28-12-20(34)14-33-8-5-17-3-1-2-4-18(17)13-33/h1-4,11,16,19-20,34H,5-10,12-15H2,(H,28,35)(H,29,30,31)/t20-/m0/s1. The molecule has 2 aliphatic heterocycles. The predicted molar refractivity (Wildman–Crippen MR) is 125 cm³/mol. The number of amides is 1. The van der Waals surface area contributed by atoms with E-state index in [0.717, 1.165) is 19.5 Å². The zero-order valence-corrected chi connectivity index (χ0v) is 19.5. The molecule has 1 fully saturated rings. The van der Waals surface area contributed by atoms with Crippen molar-refractivity contribution in [3.8, 4) is 0 Å². The molecule has 0 saturated carbocycles. The molecule has 3 N–H and O–H groups in total. The molecule has 0 aliphatic carbocycles. The number of aliphatic hydroxyl groups is 1. The van der Waals surface area contributed by atoms with E-state index < -0.39 is 24.7 Å². The quantitative estimate of drug-likeness (QED) is 0.520. The summed E-state index contributed by atoms with van der Waals surface area (Å²) in [7, 11) is 0. The lowest BCUT2D eigenvalue weighted by molar-refractivity contribution is -0.147. The van der Waals surface area contributed by atoms with E-state index in [-0.39, 0.29) is 18.3 Å². The SMILES string of the molecule is O=C(NC[C@H](O)CN1CCc2ccccc2C1)c1cc(NC2CCN(CC(F)(F)F)CC2)ncn1. The van der Waals surface area contributed by atoms with Crippen LogP contribution in [-0.4, -0.2) is 88.4 Å². The fourth-order valence-corrected chi connectivity index (χ4v) is 4.63. The van der Waals surface area contributed by atoms with E-state index in [0.29, 0.717) is 38.3 Å². The van der Waals surface area contributed by atoms with Gasteiger partial charge in [-0.3, -0.25) is 14.6 Å². The van der Waals surface area contributed by atoms with Crippen molar-refractivity contribution in [1.82, 2.24) is 25.1 Å². The third-order valence-corrected chi connectivity index (χ3v) is 6.42. The highest BCUT2D eigenvalue weighted by Gasteiger charge is 2.32. The van der Waals surface area contributed by atoms with Gasteiger partial charge in [0.15, 0.2) is 0 Å². The normalized spacial score (nSPS) is 18.6. The summed E-state index contributed by atoms with van der Waals surface area (Å²) in [5.41, 5.74) is 2.77. The first-order valence-corrected chi connectivity index (χ1v) is 11.9. The lowest BCUT2D eigenvalue weighted by atomic mass is 10.00. The van der Waals surface area contributed by atoms with Crippen molar-refractivity contribution in [2.75, 3.05) is 44.6 Å². The Labute approximate surface area is 202 Å². The fourth-order valence-electron chi connectivity index (χ4n) is 4.63. The van der Waals surface area contributed by atoms with Crippen LogP contribution in [0.4, 0.5) is 19.0 Å². The highest BCUT2D eigenvalue weighted by atomic mass is 19.4. The highest BCUT2D eigenvalue weighted by molar-refractivity contribution is 5.92. The number of nitrogens with one attached hydrogen (secondary N) is 2. The van der Waals surface area contributed by atoms with Gasteiger partial charge in [0.1, 0.15) is 17.8 Å². The van der Waals surface area contributed by atoms with Gasteiger partial charge in [-0.15, -0.1) is 0 Å². The number of hydrogen-bond acceptors (Lipinski definition) is 7. The Hall–Kier alpha value is -2.76. The Morgan fingerprint density at radius 3 is 2.60 bits per heavy atom. The van der Waals surface area contributed by atoms with E-state index in [9.17, 15) is 23.1 Å². The Bertz CT molecular complexity index is 997. The molecule has 0 unspecified atom stereocenters. The Morgan fingerprint density at radius 1 is 1.11 bits per heavy atom. The number of piperidine rings is 1. The second kappa shape index (κ2) is 11.3. The zero-order chi connectivity index (χ0) is 24.8. The second-order valence-electron chi connectivity index (χ2n) is 9.22. The average Bonchev–Trinajstić information content (AvgIpc) is 2.83. The molecule has 0 bridgehead atoms. The molecule has 3 heterocycles. The molecule has 1 aromatic carbocycles. The number of alkyl halides is 3. The molecule has 2 aromatic rings. The van der Waals surface area contributed by atoms with Gasteiger partial charge >= 0.3 is 6.18 Å². The van der Waals surface area contributed by atoms with Crippen LogP contribution in [0.15, 0.2) is 36.7 Å². The number of likely N-dealkylation sites (tertiary alicyclic amines) is 1. The van der Waals surface area contributed by atoms with E-state index in [1.165, 1.54) is 28.4 Å². The van der Waals surface area contributed by atoms with Gasteiger partial charge in [0.25, 0.3) is 5.91 Å². The summed E-state index contributed by atoms with van der Waals surface area (Å²) in [6.45, 7) is 1.98. The van der Waals surface area contributed by atoms with Crippen molar-refractivity contribution in [2.24, 2.45) is 0 Å². The van der Waals surface area contributed by atoms with Crippen LogP contribution >= 0.6 is 0 Å². The molecule has 0 radical (unpaired) electrons. The lowest BCUT2D eigenvalue weighted by Gasteiger charge is -2.32. The molecule has 1 aromatic heterocycles. The number of aromatic nitrogens is 2. The van der Waals surface area contributed by atoms with Crippen molar-refractivity contribution >= 4 is 11.7 Å². The van der Waals surface area contributed by atoms with Crippen LogP contribution in [0.2, 0.25) is 0 Å². The third kappa shape index (κ3) is 7.61. The number of halogens is 3.